The predicted molar refractivity (Wildman–Crippen MR) is 128 cm³/mol. The smallest absolute Gasteiger partial charge is 0.343 e. The Morgan fingerprint density at radius 2 is 1.97 bits per heavy atom. The number of rotatable bonds is 11. The molecular formula is C22H29N6O6P. The molecule has 1 aliphatic heterocycles. The van der Waals surface area contributed by atoms with E-state index >= 15 is 0 Å². The van der Waals surface area contributed by atoms with E-state index in [4.69, 9.17) is 24.5 Å². The predicted octanol–water partition coefficient (Wildman–Crippen LogP) is 2.35. The Hall–Kier alpha value is -3.05. The molecule has 4 rings (SSSR count). The molecule has 2 atom stereocenters. The van der Waals surface area contributed by atoms with Gasteiger partial charge in [-0.2, -0.15) is 0 Å². The van der Waals surface area contributed by atoms with Gasteiger partial charge >= 0.3 is 13.5 Å². The summed E-state index contributed by atoms with van der Waals surface area (Å²) in [6.45, 7) is 5.69. The molecule has 3 heterocycles. The van der Waals surface area contributed by atoms with Crippen molar-refractivity contribution in [3.05, 3.63) is 43.0 Å². The van der Waals surface area contributed by atoms with Crippen molar-refractivity contribution in [2.45, 2.75) is 45.1 Å². The summed E-state index contributed by atoms with van der Waals surface area (Å²) in [4.78, 5) is 25.2. The van der Waals surface area contributed by atoms with E-state index in [2.05, 4.69) is 20.0 Å². The first-order chi connectivity index (χ1) is 16.7. The van der Waals surface area contributed by atoms with Crippen molar-refractivity contribution >= 4 is 30.5 Å². The number of benzene rings is 1. The van der Waals surface area contributed by atoms with Crippen molar-refractivity contribution < 1.29 is 28.1 Å². The third-order valence-corrected chi connectivity index (χ3v) is 6.99. The number of nitrogens with zero attached hydrogens (tertiary/aromatic N) is 4. The fraction of sp³-hybridized carbons (Fsp3) is 0.455. The summed E-state index contributed by atoms with van der Waals surface area (Å²) in [5.41, 5.74) is 5.63. The van der Waals surface area contributed by atoms with Crippen LogP contribution >= 0.6 is 7.52 Å². The van der Waals surface area contributed by atoms with Crippen molar-refractivity contribution in [3.8, 4) is 5.75 Å². The minimum Gasteiger partial charge on any atom is -0.461 e. The van der Waals surface area contributed by atoms with E-state index in [0.717, 1.165) is 0 Å². The summed E-state index contributed by atoms with van der Waals surface area (Å²) in [5.74, 6) is 0.111. The van der Waals surface area contributed by atoms with Gasteiger partial charge in [0, 0.05) is 0 Å². The zero-order chi connectivity index (χ0) is 25.1. The number of carbonyl (C=O) groups is 1. The Morgan fingerprint density at radius 3 is 2.63 bits per heavy atom. The summed E-state index contributed by atoms with van der Waals surface area (Å²) < 4.78 is 38.2. The lowest BCUT2D eigenvalue weighted by molar-refractivity contribution is -0.174. The maximum atomic E-state index is 14.0. The quantitative estimate of drug-likeness (QED) is 0.292. The molecule has 0 aliphatic carbocycles. The molecule has 0 saturated carbocycles. The van der Waals surface area contributed by atoms with E-state index in [-0.39, 0.29) is 31.5 Å². The van der Waals surface area contributed by atoms with Crippen LogP contribution in [0.2, 0.25) is 0 Å². The molecule has 1 saturated heterocycles. The van der Waals surface area contributed by atoms with Crippen molar-refractivity contribution in [2.24, 2.45) is 0 Å². The first kappa shape index (κ1) is 25.1. The molecule has 1 unspecified atom stereocenters. The third kappa shape index (κ3) is 5.79. The number of nitrogens with one attached hydrogen (secondary N) is 1. The van der Waals surface area contributed by atoms with Crippen LogP contribution in [0.5, 0.6) is 5.75 Å². The van der Waals surface area contributed by atoms with Gasteiger partial charge in [-0.15, -0.1) is 0 Å². The molecule has 188 valence electrons. The standard InChI is InChI=1S/C22H29N6O6P/c1-15(2)33-21(29)22(10-31-11-22)27-35(30,34-17-7-5-4-6-8-17)14-32-16(3)9-28-13-26-18-19(23)24-12-25-20(18)28/h4-8,12-13,15-16H,9-11,14H2,1-3H3,(H,27,30)(H2,23,24,25)/t16-,35?/m1/s1. The van der Waals surface area contributed by atoms with Crippen LogP contribution in [0.15, 0.2) is 43.0 Å². The number of carbonyl (C=O) groups excluding carboxylic acids is 1. The van der Waals surface area contributed by atoms with Gasteiger partial charge in [0.15, 0.2) is 17.0 Å². The van der Waals surface area contributed by atoms with Gasteiger partial charge in [-0.3, -0.25) is 4.57 Å². The van der Waals surface area contributed by atoms with Gasteiger partial charge in [0.2, 0.25) is 0 Å². The second kappa shape index (κ2) is 10.3. The Morgan fingerprint density at radius 1 is 1.23 bits per heavy atom. The normalized spacial score (nSPS) is 17.5. The van der Waals surface area contributed by atoms with Crippen LogP contribution in [0.25, 0.3) is 11.2 Å². The molecule has 35 heavy (non-hydrogen) atoms. The number of para-hydroxylation sites is 1. The Kier molecular flexibility index (Phi) is 7.36. The lowest BCUT2D eigenvalue weighted by atomic mass is 10.00. The molecule has 1 aromatic carbocycles. The average molecular weight is 504 g/mol. The van der Waals surface area contributed by atoms with E-state index in [1.807, 2.05) is 13.0 Å². The number of nitrogens with two attached hydrogens (primary N) is 1. The number of aromatic nitrogens is 4. The Bertz CT molecular complexity index is 1220. The van der Waals surface area contributed by atoms with Crippen molar-refractivity contribution in [2.75, 3.05) is 25.3 Å². The maximum Gasteiger partial charge on any atom is 0.343 e. The third-order valence-electron chi connectivity index (χ3n) is 5.22. The SMILES string of the molecule is CC(C)OC(=O)C1(NP(=O)(CO[C@H](C)Cn2cnc3c(N)ncnc32)Oc2ccccc2)COC1. The monoisotopic (exact) mass is 504 g/mol. The van der Waals surface area contributed by atoms with Crippen LogP contribution in [0.4, 0.5) is 5.82 Å². The minimum absolute atomic E-state index is 0.0123. The summed E-state index contributed by atoms with van der Waals surface area (Å²) in [5, 5.41) is 2.90. The summed E-state index contributed by atoms with van der Waals surface area (Å²) in [6, 6.07) is 8.69. The van der Waals surface area contributed by atoms with Gasteiger partial charge in [0.05, 0.1) is 38.3 Å². The summed E-state index contributed by atoms with van der Waals surface area (Å²) in [7, 11) is -3.75. The van der Waals surface area contributed by atoms with E-state index < -0.39 is 25.1 Å². The van der Waals surface area contributed by atoms with Gasteiger partial charge in [-0.05, 0) is 32.9 Å². The van der Waals surface area contributed by atoms with E-state index in [9.17, 15) is 9.36 Å². The van der Waals surface area contributed by atoms with Crippen molar-refractivity contribution in [1.29, 1.82) is 0 Å². The van der Waals surface area contributed by atoms with Crippen LogP contribution < -0.4 is 15.3 Å². The molecule has 12 nitrogen and oxygen atoms in total. The van der Waals surface area contributed by atoms with E-state index in [1.54, 1.807) is 49.0 Å². The molecule has 0 spiro atoms. The topological polar surface area (TPSA) is 153 Å². The molecule has 13 heteroatoms. The summed E-state index contributed by atoms with van der Waals surface area (Å²) in [6.07, 6.45) is 1.91. The first-order valence-electron chi connectivity index (χ1n) is 11.1. The Labute approximate surface area is 202 Å². The molecule has 1 fully saturated rings. The van der Waals surface area contributed by atoms with E-state index in [1.165, 1.54) is 6.33 Å². The maximum absolute atomic E-state index is 14.0. The van der Waals surface area contributed by atoms with Crippen LogP contribution in [0.1, 0.15) is 20.8 Å². The minimum atomic E-state index is -3.75. The molecular weight excluding hydrogens is 475 g/mol. The van der Waals surface area contributed by atoms with E-state index in [0.29, 0.717) is 23.5 Å². The number of anilines is 1. The van der Waals surface area contributed by atoms with Crippen LogP contribution in [0, 0.1) is 0 Å². The number of imidazole rings is 1. The second-order valence-corrected chi connectivity index (χ2v) is 10.7. The number of esters is 1. The molecule has 0 bridgehead atoms. The zero-order valence-electron chi connectivity index (χ0n) is 19.8. The van der Waals surface area contributed by atoms with Crippen LogP contribution in [0.3, 0.4) is 0 Å². The van der Waals surface area contributed by atoms with Gasteiger partial charge < -0.3 is 29.0 Å². The van der Waals surface area contributed by atoms with Crippen molar-refractivity contribution in [1.82, 2.24) is 24.6 Å². The fourth-order valence-electron chi connectivity index (χ4n) is 3.51. The van der Waals surface area contributed by atoms with Crippen molar-refractivity contribution in [3.63, 3.8) is 0 Å². The zero-order valence-corrected chi connectivity index (χ0v) is 20.7. The van der Waals surface area contributed by atoms with Crippen LogP contribution in [-0.4, -0.2) is 62.8 Å². The van der Waals surface area contributed by atoms with Gasteiger partial charge in [-0.1, -0.05) is 18.2 Å². The lowest BCUT2D eigenvalue weighted by Crippen LogP contribution is -2.65. The molecule has 3 aromatic rings. The highest BCUT2D eigenvalue weighted by Crippen LogP contribution is 2.47. The lowest BCUT2D eigenvalue weighted by Gasteiger charge is -2.41. The molecule has 1 aliphatic rings. The number of fused-ring (bicyclic) bond motifs is 1. The van der Waals surface area contributed by atoms with Crippen LogP contribution in [-0.2, 0) is 30.1 Å². The molecule has 0 radical (unpaired) electrons. The Balaban J connectivity index is 1.49. The number of hydrogen-bond donors (Lipinski definition) is 2. The highest BCUT2D eigenvalue weighted by molar-refractivity contribution is 7.57. The highest BCUT2D eigenvalue weighted by atomic mass is 31.2. The van der Waals surface area contributed by atoms with Gasteiger partial charge in [0.1, 0.15) is 23.9 Å². The largest absolute Gasteiger partial charge is 0.461 e. The van der Waals surface area contributed by atoms with Gasteiger partial charge in [0.25, 0.3) is 0 Å². The summed E-state index contributed by atoms with van der Waals surface area (Å²) >= 11 is 0. The van der Waals surface area contributed by atoms with Gasteiger partial charge in [-0.25, -0.2) is 24.8 Å². The fourth-order valence-corrected chi connectivity index (χ4v) is 5.46. The second-order valence-electron chi connectivity index (χ2n) is 8.65. The number of hydrogen-bond acceptors (Lipinski definition) is 10. The average Bonchev–Trinajstić information content (AvgIpc) is 3.19. The molecule has 0 amide bonds. The molecule has 3 N–H and O–H groups in total. The first-order valence-corrected chi connectivity index (χ1v) is 13.0. The highest BCUT2D eigenvalue weighted by Gasteiger charge is 2.52. The molecule has 2 aromatic heterocycles. The number of ether oxygens (including phenoxy) is 3. The number of nitrogen functional groups attached to an aromatic ring is 1.